The molecule has 21 atom stereocenters. The topological polar surface area (TPSA) is 208 Å². The molecule has 5 aliphatic carbocycles. The molecule has 3 saturated heterocycles. The van der Waals surface area contributed by atoms with Gasteiger partial charge in [-0.2, -0.15) is 0 Å². The number of allylic oxidation sites excluding steroid dienone is 1. The molecule has 0 aromatic rings. The highest BCUT2D eigenvalue weighted by Crippen LogP contribution is 2.79. The van der Waals surface area contributed by atoms with Crippen LogP contribution in [-0.4, -0.2) is 140 Å². The SMILES string of the molecule is CC1O[C@@H](OC2CC[C@@]3(C)[C@@H](CC[C@]4(C)[C@@H]3C=C[C@]35OC[C@@]6(CCC(C)(C)C[C@H]63)C(O)C[C@]54C)[C@]2(C)CO)C(O)C(O[C@@H]2OC(CO)C(O)C(O)C2O)C1O. The minimum atomic E-state index is -1.72. The molecule has 8 rings (SSSR count). The molecule has 55 heavy (non-hydrogen) atoms. The van der Waals surface area contributed by atoms with E-state index in [0.29, 0.717) is 19.4 Å². The highest BCUT2D eigenvalue weighted by molar-refractivity contribution is 5.36. The molecule has 8 aliphatic rings. The predicted octanol–water partition coefficient (Wildman–Crippen LogP) is 1.78. The Balaban J connectivity index is 1.05. The summed E-state index contributed by atoms with van der Waals surface area (Å²) < 4.78 is 31.2. The van der Waals surface area contributed by atoms with Crippen LogP contribution in [0.25, 0.3) is 0 Å². The van der Waals surface area contributed by atoms with Crippen molar-refractivity contribution in [3.8, 4) is 0 Å². The monoisotopic (exact) mass is 780 g/mol. The molecule has 8 N–H and O–H groups in total. The van der Waals surface area contributed by atoms with Crippen LogP contribution in [0.4, 0.5) is 0 Å². The van der Waals surface area contributed by atoms with Gasteiger partial charge in [-0.15, -0.1) is 0 Å². The van der Waals surface area contributed by atoms with Gasteiger partial charge in [0, 0.05) is 22.2 Å². The quantitative estimate of drug-likeness (QED) is 0.143. The van der Waals surface area contributed by atoms with E-state index < -0.39 is 91.2 Å². The number of hydrogen-bond acceptors (Lipinski definition) is 13. The maximum atomic E-state index is 12.1. The largest absolute Gasteiger partial charge is 0.396 e. The minimum absolute atomic E-state index is 0.0414. The van der Waals surface area contributed by atoms with E-state index in [-0.39, 0.29) is 51.4 Å². The molecule has 13 heteroatoms. The molecule has 0 amide bonds. The Labute approximate surface area is 325 Å². The van der Waals surface area contributed by atoms with Gasteiger partial charge in [0.1, 0.15) is 42.7 Å². The molecule has 3 aliphatic heterocycles. The smallest absolute Gasteiger partial charge is 0.187 e. The second-order valence-electron chi connectivity index (χ2n) is 21.0. The Morgan fingerprint density at radius 3 is 2.13 bits per heavy atom. The third kappa shape index (κ3) is 5.44. The third-order valence-corrected chi connectivity index (χ3v) is 17.9. The molecule has 0 aromatic heterocycles. The van der Waals surface area contributed by atoms with Crippen molar-refractivity contribution in [2.24, 2.45) is 50.2 Å². The Bertz CT molecular complexity index is 1490. The van der Waals surface area contributed by atoms with Crippen LogP contribution in [0.2, 0.25) is 0 Å². The summed E-state index contributed by atoms with van der Waals surface area (Å²) in [6.07, 6.45) is -3.39. The first-order valence-electron chi connectivity index (χ1n) is 20.9. The summed E-state index contributed by atoms with van der Waals surface area (Å²) >= 11 is 0. The lowest BCUT2D eigenvalue weighted by molar-refractivity contribution is -0.367. The molecule has 2 bridgehead atoms. The van der Waals surface area contributed by atoms with Gasteiger partial charge in [0.25, 0.3) is 0 Å². The lowest BCUT2D eigenvalue weighted by atomic mass is 9.32. The number of aliphatic hydroxyl groups excluding tert-OH is 8. The van der Waals surface area contributed by atoms with Crippen LogP contribution < -0.4 is 0 Å². The second-order valence-corrected chi connectivity index (χ2v) is 21.0. The Kier molecular flexibility index (Phi) is 9.95. The van der Waals surface area contributed by atoms with Crippen molar-refractivity contribution in [2.75, 3.05) is 19.8 Å². The van der Waals surface area contributed by atoms with Crippen LogP contribution in [0.15, 0.2) is 12.2 Å². The van der Waals surface area contributed by atoms with E-state index in [2.05, 4.69) is 53.7 Å². The minimum Gasteiger partial charge on any atom is -0.396 e. The van der Waals surface area contributed by atoms with Crippen LogP contribution in [-0.2, 0) is 23.7 Å². The average Bonchev–Trinajstić information content (AvgIpc) is 3.41. The summed E-state index contributed by atoms with van der Waals surface area (Å²) in [5.74, 6) is 0.449. The molecule has 314 valence electrons. The van der Waals surface area contributed by atoms with Crippen LogP contribution in [0.5, 0.6) is 0 Å². The molecule has 0 radical (unpaired) electrons. The first-order chi connectivity index (χ1) is 25.7. The first kappa shape index (κ1) is 41.0. The maximum absolute atomic E-state index is 12.1. The van der Waals surface area contributed by atoms with Gasteiger partial charge in [-0.1, -0.05) is 53.7 Å². The third-order valence-electron chi connectivity index (χ3n) is 17.9. The molecule has 10 unspecified atom stereocenters. The number of hydrogen-bond donors (Lipinski definition) is 8. The van der Waals surface area contributed by atoms with Crippen molar-refractivity contribution in [3.05, 3.63) is 12.2 Å². The fraction of sp³-hybridized carbons (Fsp3) is 0.952. The summed E-state index contributed by atoms with van der Waals surface area (Å²) in [4.78, 5) is 0. The van der Waals surface area contributed by atoms with E-state index in [0.717, 1.165) is 38.5 Å². The van der Waals surface area contributed by atoms with Gasteiger partial charge in [0.05, 0.1) is 43.7 Å². The fourth-order valence-corrected chi connectivity index (χ4v) is 14.3. The van der Waals surface area contributed by atoms with Crippen LogP contribution in [0, 0.1) is 50.2 Å². The summed E-state index contributed by atoms with van der Waals surface area (Å²) in [6.45, 7) is 15.4. The van der Waals surface area contributed by atoms with Gasteiger partial charge in [-0.05, 0) is 86.4 Å². The molecular formula is C42H68O13. The Morgan fingerprint density at radius 2 is 1.44 bits per heavy atom. The van der Waals surface area contributed by atoms with Gasteiger partial charge in [0.2, 0.25) is 0 Å². The lowest BCUT2D eigenvalue weighted by Gasteiger charge is -2.73. The van der Waals surface area contributed by atoms with Gasteiger partial charge in [-0.3, -0.25) is 0 Å². The molecule has 0 aromatic carbocycles. The van der Waals surface area contributed by atoms with Crippen molar-refractivity contribution in [2.45, 2.75) is 179 Å². The van der Waals surface area contributed by atoms with Crippen LogP contribution in [0.3, 0.4) is 0 Å². The number of rotatable bonds is 6. The van der Waals surface area contributed by atoms with Crippen LogP contribution in [0.1, 0.15) is 99.8 Å². The molecular weight excluding hydrogens is 712 g/mol. The maximum Gasteiger partial charge on any atom is 0.187 e. The van der Waals surface area contributed by atoms with Gasteiger partial charge < -0.3 is 64.5 Å². The van der Waals surface area contributed by atoms with Gasteiger partial charge >= 0.3 is 0 Å². The molecule has 1 spiro atoms. The zero-order valence-electron chi connectivity index (χ0n) is 33.7. The molecule has 7 fully saturated rings. The van der Waals surface area contributed by atoms with Gasteiger partial charge in [0.15, 0.2) is 12.6 Å². The zero-order valence-corrected chi connectivity index (χ0v) is 33.7. The van der Waals surface area contributed by atoms with E-state index in [4.69, 9.17) is 23.7 Å². The molecule has 13 nitrogen and oxygen atoms in total. The van der Waals surface area contributed by atoms with E-state index in [1.165, 1.54) is 0 Å². The predicted molar refractivity (Wildman–Crippen MR) is 197 cm³/mol. The van der Waals surface area contributed by atoms with E-state index in [1.54, 1.807) is 6.92 Å². The van der Waals surface area contributed by atoms with Crippen molar-refractivity contribution in [1.82, 2.24) is 0 Å². The first-order valence-corrected chi connectivity index (χ1v) is 20.9. The number of fused-ring (bicyclic) bond motifs is 4. The van der Waals surface area contributed by atoms with Crippen LogP contribution >= 0.6 is 0 Å². The Morgan fingerprint density at radius 1 is 0.727 bits per heavy atom. The van der Waals surface area contributed by atoms with Crippen molar-refractivity contribution >= 4 is 0 Å². The lowest BCUT2D eigenvalue weighted by Crippen LogP contribution is -2.72. The normalized spacial score (nSPS) is 59.7. The van der Waals surface area contributed by atoms with Crippen molar-refractivity contribution < 1.29 is 64.5 Å². The highest BCUT2D eigenvalue weighted by Gasteiger charge is 2.79. The van der Waals surface area contributed by atoms with E-state index >= 15 is 0 Å². The zero-order chi connectivity index (χ0) is 39.9. The summed E-state index contributed by atoms with van der Waals surface area (Å²) in [5, 5.41) is 87.0. The fourth-order valence-electron chi connectivity index (χ4n) is 14.3. The summed E-state index contributed by atoms with van der Waals surface area (Å²) in [7, 11) is 0. The van der Waals surface area contributed by atoms with Gasteiger partial charge in [-0.25, -0.2) is 0 Å². The molecule has 4 saturated carbocycles. The highest BCUT2D eigenvalue weighted by atomic mass is 16.7. The van der Waals surface area contributed by atoms with Crippen molar-refractivity contribution in [3.63, 3.8) is 0 Å². The standard InChI is InChI=1S/C42H68O13/c1-21-28(46)33(55-34-31(49)30(48)29(47)22(18-43)53-34)32(50)35(52-21)54-27-10-11-37(4)23(38(27,5)19-44)8-12-39(6)24(37)9-13-42-25-16-36(2,3)14-15-41(25,20-51-42)26(45)17-40(39,42)7/h9,13,21-35,43-50H,8,10-12,14-20H2,1-7H3/t21?,22?,23-,24-,25-,26?,27?,28?,29?,30?,31?,32?,33?,34+,35+,37+,38+,39-,40+,41-,42+/m1/s1. The van der Waals surface area contributed by atoms with E-state index in [1.807, 2.05) is 0 Å². The molecule has 3 heterocycles. The number of aliphatic hydroxyl groups is 8. The second kappa shape index (κ2) is 13.4. The van der Waals surface area contributed by atoms with Crippen molar-refractivity contribution in [1.29, 1.82) is 0 Å². The average molecular weight is 781 g/mol. The summed E-state index contributed by atoms with van der Waals surface area (Å²) in [6, 6.07) is 0. The summed E-state index contributed by atoms with van der Waals surface area (Å²) in [5.41, 5.74) is -1.90. The number of ether oxygens (including phenoxy) is 5. The Hall–Kier alpha value is -0.780. The van der Waals surface area contributed by atoms with E-state index in [9.17, 15) is 40.9 Å².